The highest BCUT2D eigenvalue weighted by molar-refractivity contribution is 6.31. The van der Waals surface area contributed by atoms with Crippen molar-refractivity contribution in [1.82, 2.24) is 14.6 Å². The molecule has 2 aromatic carbocycles. The van der Waals surface area contributed by atoms with Crippen LogP contribution in [0.4, 0.5) is 5.82 Å². The molecule has 0 radical (unpaired) electrons. The third-order valence-electron chi connectivity index (χ3n) is 8.13. The molecule has 1 saturated heterocycles. The number of methoxy groups -OCH3 is 1. The molecule has 210 valence electrons. The smallest absolute Gasteiger partial charge is 0.310 e. The van der Waals surface area contributed by atoms with Crippen LogP contribution in [0.5, 0.6) is 5.75 Å². The van der Waals surface area contributed by atoms with Gasteiger partial charge in [-0.25, -0.2) is 4.98 Å². The van der Waals surface area contributed by atoms with Crippen LogP contribution in [0.3, 0.4) is 0 Å². The number of allylic oxidation sites excluding steroid dienone is 3. The zero-order valence-corrected chi connectivity index (χ0v) is 24.3. The van der Waals surface area contributed by atoms with E-state index in [-0.39, 0.29) is 17.8 Å². The second-order valence-corrected chi connectivity index (χ2v) is 11.4. The first-order valence-electron chi connectivity index (χ1n) is 13.9. The molecule has 0 unspecified atom stereocenters. The molecule has 0 spiro atoms. The van der Waals surface area contributed by atoms with Gasteiger partial charge < -0.3 is 14.4 Å². The number of hydrogen-bond acceptors (Lipinski definition) is 6. The third-order valence-corrected chi connectivity index (χ3v) is 8.36. The number of carbonyl (C=O) groups is 1. The van der Waals surface area contributed by atoms with Crippen molar-refractivity contribution in [2.45, 2.75) is 33.1 Å². The summed E-state index contributed by atoms with van der Waals surface area (Å²) in [4.78, 5) is 19.7. The van der Waals surface area contributed by atoms with Crippen molar-refractivity contribution in [2.75, 3.05) is 31.7 Å². The molecule has 41 heavy (non-hydrogen) atoms. The number of esters is 1. The van der Waals surface area contributed by atoms with E-state index in [1.54, 1.807) is 0 Å². The lowest BCUT2D eigenvalue weighted by Crippen LogP contribution is -2.39. The Hall–Kier alpha value is -4.10. The first-order valence-corrected chi connectivity index (χ1v) is 14.3. The van der Waals surface area contributed by atoms with Gasteiger partial charge in [0.15, 0.2) is 5.65 Å². The van der Waals surface area contributed by atoms with E-state index in [1.165, 1.54) is 7.11 Å². The van der Waals surface area contributed by atoms with E-state index in [0.717, 1.165) is 76.8 Å². The summed E-state index contributed by atoms with van der Waals surface area (Å²) >= 11 is 6.42. The number of nitrogens with zero attached hydrogens (tertiary/aromatic N) is 4. The fraction of sp³-hybridized carbons (Fsp3) is 0.303. The summed E-state index contributed by atoms with van der Waals surface area (Å²) < 4.78 is 13.1. The maximum absolute atomic E-state index is 12.5. The van der Waals surface area contributed by atoms with Crippen molar-refractivity contribution in [3.05, 3.63) is 89.1 Å². The molecule has 4 aromatic rings. The summed E-state index contributed by atoms with van der Waals surface area (Å²) in [5, 5.41) is 5.71. The van der Waals surface area contributed by atoms with Gasteiger partial charge in [-0.1, -0.05) is 55.0 Å². The van der Waals surface area contributed by atoms with E-state index >= 15 is 0 Å². The van der Waals surface area contributed by atoms with E-state index in [9.17, 15) is 4.79 Å². The minimum absolute atomic E-state index is 0.0616. The van der Waals surface area contributed by atoms with Crippen LogP contribution in [-0.2, 0) is 16.0 Å². The molecule has 7 rings (SSSR count). The average Bonchev–Trinajstić information content (AvgIpc) is 3.39. The maximum atomic E-state index is 12.5. The second-order valence-electron chi connectivity index (χ2n) is 11.0. The van der Waals surface area contributed by atoms with Gasteiger partial charge in [0.05, 0.1) is 19.2 Å². The number of halogens is 1. The Morgan fingerprint density at radius 2 is 1.90 bits per heavy atom. The molecular formula is C33H33ClN4O3. The number of piperidine rings is 1. The molecule has 0 N–H and O–H groups in total. The molecule has 6 bridgehead atoms. The van der Waals surface area contributed by atoms with Crippen molar-refractivity contribution in [2.24, 2.45) is 5.41 Å². The summed E-state index contributed by atoms with van der Waals surface area (Å²) in [7, 11) is 1.42. The summed E-state index contributed by atoms with van der Waals surface area (Å²) in [6.07, 6.45) is 10.6. The topological polar surface area (TPSA) is 69.0 Å². The van der Waals surface area contributed by atoms with Crippen LogP contribution in [0.25, 0.3) is 28.0 Å². The van der Waals surface area contributed by atoms with Gasteiger partial charge in [-0.3, -0.25) is 4.79 Å². The van der Waals surface area contributed by atoms with Crippen molar-refractivity contribution < 1.29 is 14.3 Å². The lowest BCUT2D eigenvalue weighted by molar-refractivity contribution is -0.139. The standard InChI is InChI=1S/C33H33ClN4O3/c1-22-26(20-31(39)40-3)32-37-15-13-33(2,14-16-37)12-5-4-6-17-41-29-11-10-25(34)19-27(29)23-8-7-9-24(18-23)28-21-30(35-22)38(32)36-28/h4-12,18-19,21H,13-17,20H2,1-3H3/b6-4-,12-5+. The van der Waals surface area contributed by atoms with Gasteiger partial charge in [0, 0.05) is 46.6 Å². The Kier molecular flexibility index (Phi) is 7.30. The molecule has 2 aromatic heterocycles. The third kappa shape index (κ3) is 5.46. The van der Waals surface area contributed by atoms with Gasteiger partial charge in [-0.2, -0.15) is 9.61 Å². The quantitative estimate of drug-likeness (QED) is 0.246. The molecule has 0 atom stereocenters. The number of fused-ring (bicyclic) bond motifs is 5. The normalized spacial score (nSPS) is 17.7. The Balaban J connectivity index is 1.54. The predicted octanol–water partition coefficient (Wildman–Crippen LogP) is 6.85. The van der Waals surface area contributed by atoms with E-state index in [2.05, 4.69) is 36.1 Å². The number of rotatable bonds is 2. The number of carbonyl (C=O) groups excluding carboxylic acids is 1. The molecule has 0 saturated carbocycles. The first-order chi connectivity index (χ1) is 19.8. The maximum Gasteiger partial charge on any atom is 0.310 e. The minimum atomic E-state index is -0.294. The predicted molar refractivity (Wildman–Crippen MR) is 163 cm³/mol. The SMILES string of the molecule is COC(=O)Cc1c(C)nc2cc3nn2c1N1CCC(C)(/C=C/C=C\COc2ccc(Cl)cc2-c2cccc-3c2)CC1. The highest BCUT2D eigenvalue weighted by Gasteiger charge is 2.31. The summed E-state index contributed by atoms with van der Waals surface area (Å²) in [6, 6.07) is 15.9. The molecule has 0 amide bonds. The highest BCUT2D eigenvalue weighted by atomic mass is 35.5. The van der Waals surface area contributed by atoms with Crippen molar-refractivity contribution >= 4 is 29.0 Å². The summed E-state index contributed by atoms with van der Waals surface area (Å²) in [5.74, 6) is 1.38. The highest BCUT2D eigenvalue weighted by Crippen LogP contribution is 2.38. The fourth-order valence-corrected chi connectivity index (χ4v) is 5.85. The van der Waals surface area contributed by atoms with E-state index in [4.69, 9.17) is 31.2 Å². The van der Waals surface area contributed by atoms with Crippen LogP contribution in [-0.4, -0.2) is 47.4 Å². The van der Waals surface area contributed by atoms with Gasteiger partial charge in [0.1, 0.15) is 18.2 Å². The first kappa shape index (κ1) is 27.1. The Morgan fingerprint density at radius 1 is 1.10 bits per heavy atom. The Bertz CT molecular complexity index is 1680. The molecule has 3 aliphatic heterocycles. The molecule has 7 nitrogen and oxygen atoms in total. The minimum Gasteiger partial charge on any atom is -0.489 e. The summed E-state index contributed by atoms with van der Waals surface area (Å²) in [6.45, 7) is 6.38. The van der Waals surface area contributed by atoms with Crippen LogP contribution in [0.2, 0.25) is 5.02 Å². The number of ether oxygens (including phenoxy) is 2. The molecule has 0 aliphatic carbocycles. The van der Waals surface area contributed by atoms with E-state index in [0.29, 0.717) is 11.6 Å². The zero-order valence-electron chi connectivity index (χ0n) is 23.6. The summed E-state index contributed by atoms with van der Waals surface area (Å²) in [5.41, 5.74) is 6.09. The lowest BCUT2D eigenvalue weighted by Gasteiger charge is -2.39. The average molecular weight is 569 g/mol. The largest absolute Gasteiger partial charge is 0.489 e. The van der Waals surface area contributed by atoms with Crippen LogP contribution in [0.15, 0.2) is 72.8 Å². The number of hydrogen-bond donors (Lipinski definition) is 0. The van der Waals surface area contributed by atoms with E-state index in [1.807, 2.05) is 60.0 Å². The van der Waals surface area contributed by atoms with Gasteiger partial charge >= 0.3 is 5.97 Å². The number of aromatic nitrogens is 3. The lowest BCUT2D eigenvalue weighted by atomic mass is 9.80. The van der Waals surface area contributed by atoms with Crippen LogP contribution < -0.4 is 9.64 Å². The zero-order chi connectivity index (χ0) is 28.6. The number of aryl methyl sites for hydroxylation is 1. The van der Waals surface area contributed by atoms with Crippen LogP contribution in [0.1, 0.15) is 31.0 Å². The molecule has 1 fully saturated rings. The van der Waals surface area contributed by atoms with Gasteiger partial charge in [0.2, 0.25) is 0 Å². The van der Waals surface area contributed by atoms with Gasteiger partial charge in [0.25, 0.3) is 0 Å². The number of anilines is 1. The van der Waals surface area contributed by atoms with Crippen LogP contribution in [0, 0.1) is 12.3 Å². The second kappa shape index (κ2) is 11.1. The van der Waals surface area contributed by atoms with Crippen molar-refractivity contribution in [1.29, 1.82) is 0 Å². The van der Waals surface area contributed by atoms with E-state index < -0.39 is 0 Å². The fourth-order valence-electron chi connectivity index (χ4n) is 5.68. The van der Waals surface area contributed by atoms with Crippen LogP contribution >= 0.6 is 11.6 Å². The van der Waals surface area contributed by atoms with Gasteiger partial charge in [-0.15, -0.1) is 0 Å². The molecular weight excluding hydrogens is 536 g/mol. The molecule has 3 aliphatic rings. The van der Waals surface area contributed by atoms with Gasteiger partial charge in [-0.05, 0) is 61.1 Å². The Labute approximate surface area is 245 Å². The van der Waals surface area contributed by atoms with Crippen molar-refractivity contribution in [3.8, 4) is 28.1 Å². The number of benzene rings is 2. The van der Waals surface area contributed by atoms with Crippen molar-refractivity contribution in [3.63, 3.8) is 0 Å². The Morgan fingerprint density at radius 3 is 2.71 bits per heavy atom. The molecule has 5 heterocycles. The monoisotopic (exact) mass is 568 g/mol. The molecule has 8 heteroatoms.